The molecule has 0 atom stereocenters. The Kier molecular flexibility index (Phi) is 2.80. The number of fused-ring (bicyclic) bond motifs is 1. The quantitative estimate of drug-likeness (QED) is 0.734. The number of hydrogen-bond donors (Lipinski definition) is 0. The van der Waals surface area contributed by atoms with Crippen LogP contribution in [-0.4, -0.2) is 47.5 Å². The molecule has 0 radical (unpaired) electrons. The highest BCUT2D eigenvalue weighted by Crippen LogP contribution is 2.20. The summed E-state index contributed by atoms with van der Waals surface area (Å²) in [5, 5.41) is 0. The van der Waals surface area contributed by atoms with Gasteiger partial charge in [0.15, 0.2) is 0 Å². The van der Waals surface area contributed by atoms with E-state index in [1.54, 1.807) is 17.3 Å². The lowest BCUT2D eigenvalue weighted by atomic mass is 10.2. The molecule has 1 aliphatic rings. The number of carbonyl (C=O) groups excluding carboxylic acids is 1. The third-order valence-electron chi connectivity index (χ3n) is 3.28. The van der Waals surface area contributed by atoms with Gasteiger partial charge in [0, 0.05) is 44.3 Å². The molecule has 0 N–H and O–H groups in total. The van der Waals surface area contributed by atoms with Crippen LogP contribution in [0.1, 0.15) is 0 Å². The van der Waals surface area contributed by atoms with Gasteiger partial charge < -0.3 is 9.80 Å². The zero-order valence-corrected chi connectivity index (χ0v) is 9.99. The predicted molar refractivity (Wildman–Crippen MR) is 69.4 cm³/mol. The second kappa shape index (κ2) is 4.60. The summed E-state index contributed by atoms with van der Waals surface area (Å²) in [6.07, 6.45) is 4.32. The number of amides is 1. The molecular formula is C13H14N4O. The zero-order valence-electron chi connectivity index (χ0n) is 9.99. The van der Waals surface area contributed by atoms with Crippen molar-refractivity contribution >= 4 is 23.1 Å². The molecule has 5 nitrogen and oxygen atoms in total. The van der Waals surface area contributed by atoms with Crippen LogP contribution in [0, 0.1) is 0 Å². The molecule has 1 fully saturated rings. The summed E-state index contributed by atoms with van der Waals surface area (Å²) in [6.45, 7) is 3.29. The van der Waals surface area contributed by atoms with Gasteiger partial charge in [-0.3, -0.25) is 14.8 Å². The molecule has 0 saturated carbocycles. The van der Waals surface area contributed by atoms with E-state index in [0.29, 0.717) is 0 Å². The van der Waals surface area contributed by atoms with E-state index in [4.69, 9.17) is 0 Å². The van der Waals surface area contributed by atoms with Gasteiger partial charge in [0.05, 0.1) is 11.0 Å². The number of nitrogens with zero attached hydrogens (tertiary/aromatic N) is 4. The first kappa shape index (κ1) is 11.0. The molecule has 0 aliphatic carbocycles. The van der Waals surface area contributed by atoms with Crippen molar-refractivity contribution in [3.63, 3.8) is 0 Å². The van der Waals surface area contributed by atoms with Crippen molar-refractivity contribution in [3.05, 3.63) is 30.6 Å². The lowest BCUT2D eigenvalue weighted by Crippen LogP contribution is -2.45. The first-order chi connectivity index (χ1) is 8.86. The largest absolute Gasteiger partial charge is 0.368 e. The van der Waals surface area contributed by atoms with E-state index < -0.39 is 0 Å². The molecule has 1 amide bonds. The van der Waals surface area contributed by atoms with Crippen molar-refractivity contribution in [2.75, 3.05) is 31.1 Å². The summed E-state index contributed by atoms with van der Waals surface area (Å²) >= 11 is 0. The monoisotopic (exact) mass is 242 g/mol. The summed E-state index contributed by atoms with van der Waals surface area (Å²) in [7, 11) is 0. The highest BCUT2D eigenvalue weighted by atomic mass is 16.1. The average Bonchev–Trinajstić information content (AvgIpc) is 2.47. The van der Waals surface area contributed by atoms with Gasteiger partial charge in [-0.05, 0) is 18.2 Å². The minimum Gasteiger partial charge on any atom is -0.368 e. The fourth-order valence-electron chi connectivity index (χ4n) is 2.23. The Hall–Kier alpha value is -2.17. The summed E-state index contributed by atoms with van der Waals surface area (Å²) in [4.78, 5) is 23.3. The van der Waals surface area contributed by atoms with Gasteiger partial charge in [-0.15, -0.1) is 0 Å². The molecule has 0 spiro atoms. The molecule has 18 heavy (non-hydrogen) atoms. The van der Waals surface area contributed by atoms with Crippen LogP contribution in [-0.2, 0) is 4.79 Å². The standard InChI is InChI=1S/C13H14N4O/c18-10-16-5-7-17(8-6-16)11-1-2-12-13(9-11)15-4-3-14-12/h1-4,9-10H,5-8H2. The molecule has 1 saturated heterocycles. The van der Waals surface area contributed by atoms with Gasteiger partial charge >= 0.3 is 0 Å². The van der Waals surface area contributed by atoms with Crippen molar-refractivity contribution in [2.24, 2.45) is 0 Å². The third kappa shape index (κ3) is 1.99. The van der Waals surface area contributed by atoms with E-state index in [0.717, 1.165) is 49.3 Å². The van der Waals surface area contributed by atoms with Crippen molar-refractivity contribution in [3.8, 4) is 0 Å². The number of anilines is 1. The molecule has 5 heteroatoms. The molecule has 2 heterocycles. The van der Waals surface area contributed by atoms with Crippen LogP contribution in [0.15, 0.2) is 30.6 Å². The first-order valence-electron chi connectivity index (χ1n) is 6.02. The van der Waals surface area contributed by atoms with Crippen LogP contribution in [0.4, 0.5) is 5.69 Å². The highest BCUT2D eigenvalue weighted by Gasteiger charge is 2.15. The predicted octanol–water partition coefficient (Wildman–Crippen LogP) is 0.908. The minimum atomic E-state index is 0.780. The Morgan fingerprint density at radius 2 is 1.72 bits per heavy atom. The lowest BCUT2D eigenvalue weighted by Gasteiger charge is -2.34. The van der Waals surface area contributed by atoms with E-state index in [1.807, 2.05) is 6.07 Å². The molecule has 1 aliphatic heterocycles. The van der Waals surface area contributed by atoms with Crippen LogP contribution in [0.5, 0.6) is 0 Å². The van der Waals surface area contributed by atoms with E-state index in [-0.39, 0.29) is 0 Å². The maximum absolute atomic E-state index is 10.7. The maximum atomic E-state index is 10.7. The van der Waals surface area contributed by atoms with Gasteiger partial charge in [0.25, 0.3) is 0 Å². The minimum absolute atomic E-state index is 0.780. The number of rotatable bonds is 2. The Morgan fingerprint density at radius 3 is 2.44 bits per heavy atom. The Morgan fingerprint density at radius 1 is 1.00 bits per heavy atom. The second-order valence-electron chi connectivity index (χ2n) is 4.36. The summed E-state index contributed by atoms with van der Waals surface area (Å²) in [5.41, 5.74) is 2.97. The number of aromatic nitrogens is 2. The van der Waals surface area contributed by atoms with Gasteiger partial charge in [-0.2, -0.15) is 0 Å². The van der Waals surface area contributed by atoms with Gasteiger partial charge in [0.2, 0.25) is 6.41 Å². The van der Waals surface area contributed by atoms with Crippen LogP contribution in [0.2, 0.25) is 0 Å². The Labute approximate surface area is 105 Å². The van der Waals surface area contributed by atoms with Crippen LogP contribution < -0.4 is 4.90 Å². The number of piperazine rings is 1. The summed E-state index contributed by atoms with van der Waals surface area (Å²) < 4.78 is 0. The van der Waals surface area contributed by atoms with E-state index >= 15 is 0 Å². The molecular weight excluding hydrogens is 228 g/mol. The Bertz CT molecular complexity index is 564. The van der Waals surface area contributed by atoms with Crippen LogP contribution in [0.25, 0.3) is 11.0 Å². The number of benzene rings is 1. The molecule has 1 aromatic carbocycles. The average molecular weight is 242 g/mol. The summed E-state index contributed by atoms with van der Waals surface area (Å²) in [6, 6.07) is 6.11. The van der Waals surface area contributed by atoms with Crippen molar-refractivity contribution < 1.29 is 4.79 Å². The molecule has 92 valence electrons. The Balaban J connectivity index is 1.84. The topological polar surface area (TPSA) is 49.3 Å². The zero-order chi connectivity index (χ0) is 12.4. The van der Waals surface area contributed by atoms with E-state index in [2.05, 4.69) is 27.0 Å². The fourth-order valence-corrected chi connectivity index (χ4v) is 2.23. The molecule has 2 aromatic rings. The second-order valence-corrected chi connectivity index (χ2v) is 4.36. The van der Waals surface area contributed by atoms with Crippen molar-refractivity contribution in [2.45, 2.75) is 0 Å². The first-order valence-corrected chi connectivity index (χ1v) is 6.02. The van der Waals surface area contributed by atoms with Gasteiger partial charge in [-0.25, -0.2) is 0 Å². The van der Waals surface area contributed by atoms with Gasteiger partial charge in [-0.1, -0.05) is 0 Å². The highest BCUT2D eigenvalue weighted by molar-refractivity contribution is 5.78. The smallest absolute Gasteiger partial charge is 0.209 e. The van der Waals surface area contributed by atoms with Crippen molar-refractivity contribution in [1.82, 2.24) is 14.9 Å². The molecule has 1 aromatic heterocycles. The molecule has 0 bridgehead atoms. The fraction of sp³-hybridized carbons (Fsp3) is 0.308. The van der Waals surface area contributed by atoms with Crippen LogP contribution in [0.3, 0.4) is 0 Å². The normalized spacial score (nSPS) is 16.0. The summed E-state index contributed by atoms with van der Waals surface area (Å²) in [5.74, 6) is 0. The maximum Gasteiger partial charge on any atom is 0.209 e. The molecule has 3 rings (SSSR count). The SMILES string of the molecule is O=CN1CCN(c2ccc3nccnc3c2)CC1. The van der Waals surface area contributed by atoms with Gasteiger partial charge in [0.1, 0.15) is 0 Å². The molecule has 0 unspecified atom stereocenters. The van der Waals surface area contributed by atoms with E-state index in [1.165, 1.54) is 0 Å². The van der Waals surface area contributed by atoms with Crippen molar-refractivity contribution in [1.29, 1.82) is 0 Å². The van der Waals surface area contributed by atoms with Crippen LogP contribution >= 0.6 is 0 Å². The lowest BCUT2D eigenvalue weighted by molar-refractivity contribution is -0.118. The van der Waals surface area contributed by atoms with E-state index in [9.17, 15) is 4.79 Å². The number of hydrogen-bond acceptors (Lipinski definition) is 4. The third-order valence-corrected chi connectivity index (χ3v) is 3.28. The number of carbonyl (C=O) groups is 1.